The predicted octanol–water partition coefficient (Wildman–Crippen LogP) is 3.89. The molecule has 6 nitrogen and oxygen atoms in total. The quantitative estimate of drug-likeness (QED) is 0.346. The van der Waals surface area contributed by atoms with Crippen molar-refractivity contribution < 1.29 is 9.47 Å². The van der Waals surface area contributed by atoms with Crippen molar-refractivity contribution in [2.24, 2.45) is 10.7 Å². The summed E-state index contributed by atoms with van der Waals surface area (Å²) in [4.78, 5) is 7.10. The summed E-state index contributed by atoms with van der Waals surface area (Å²) in [6.45, 7) is 2.81. The first-order valence-corrected chi connectivity index (χ1v) is 9.29. The van der Waals surface area contributed by atoms with Crippen molar-refractivity contribution in [3.63, 3.8) is 0 Å². The van der Waals surface area contributed by atoms with Crippen molar-refractivity contribution in [2.45, 2.75) is 18.9 Å². The molecule has 0 bridgehead atoms. The summed E-state index contributed by atoms with van der Waals surface area (Å²) in [6.07, 6.45) is 2.48. The number of aliphatic imine (C=N–C) groups is 1. The van der Waals surface area contributed by atoms with E-state index in [1.807, 2.05) is 24.3 Å². The number of nitrogens with two attached hydrogens (primary N) is 1. The first-order valence-electron chi connectivity index (χ1n) is 9.29. The molecule has 1 atom stereocenters. The number of guanidine groups is 1. The van der Waals surface area contributed by atoms with Crippen LogP contribution in [-0.4, -0.2) is 44.7 Å². The predicted molar refractivity (Wildman–Crippen MR) is 125 cm³/mol. The number of methoxy groups -OCH3 is 2. The zero-order chi connectivity index (χ0) is 19.1. The van der Waals surface area contributed by atoms with Crippen molar-refractivity contribution in [2.75, 3.05) is 39.2 Å². The van der Waals surface area contributed by atoms with E-state index in [-0.39, 0.29) is 30.0 Å². The average molecular weight is 496 g/mol. The zero-order valence-corrected chi connectivity index (χ0v) is 18.8. The van der Waals surface area contributed by atoms with Crippen molar-refractivity contribution in [3.05, 3.63) is 54.1 Å². The number of halogens is 1. The molecule has 152 valence electrons. The number of likely N-dealkylation sites (tertiary alicyclic amines) is 1. The van der Waals surface area contributed by atoms with Gasteiger partial charge in [0, 0.05) is 6.07 Å². The molecule has 1 saturated heterocycles. The largest absolute Gasteiger partial charge is 0.497 e. The summed E-state index contributed by atoms with van der Waals surface area (Å²) >= 11 is 0. The molecule has 28 heavy (non-hydrogen) atoms. The molecule has 0 radical (unpaired) electrons. The Labute approximate surface area is 184 Å². The van der Waals surface area contributed by atoms with Crippen LogP contribution in [0.4, 0.5) is 5.69 Å². The minimum atomic E-state index is 0. The van der Waals surface area contributed by atoms with Gasteiger partial charge in [0.25, 0.3) is 0 Å². The van der Waals surface area contributed by atoms with E-state index in [4.69, 9.17) is 15.2 Å². The van der Waals surface area contributed by atoms with Crippen LogP contribution in [0.2, 0.25) is 0 Å². The first kappa shape index (κ1) is 22.3. The molecule has 0 amide bonds. The minimum absolute atomic E-state index is 0. The fourth-order valence-corrected chi connectivity index (χ4v) is 3.43. The van der Waals surface area contributed by atoms with Gasteiger partial charge in [0.05, 0.1) is 32.5 Å². The van der Waals surface area contributed by atoms with Gasteiger partial charge < -0.3 is 20.5 Å². The topological polar surface area (TPSA) is 72.1 Å². The summed E-state index contributed by atoms with van der Waals surface area (Å²) in [7, 11) is 3.25. The molecule has 0 aliphatic carbocycles. The second-order valence-corrected chi connectivity index (χ2v) is 6.59. The highest BCUT2D eigenvalue weighted by Gasteiger charge is 2.23. The maximum Gasteiger partial charge on any atom is 0.193 e. The Balaban J connectivity index is 0.00000280. The van der Waals surface area contributed by atoms with E-state index in [1.54, 1.807) is 14.2 Å². The number of rotatable bonds is 7. The van der Waals surface area contributed by atoms with Gasteiger partial charge in [-0.1, -0.05) is 30.3 Å². The van der Waals surface area contributed by atoms with Crippen LogP contribution in [0.1, 0.15) is 24.4 Å². The van der Waals surface area contributed by atoms with Gasteiger partial charge >= 0.3 is 0 Å². The van der Waals surface area contributed by atoms with Crippen LogP contribution in [0.15, 0.2) is 53.5 Å². The summed E-state index contributed by atoms with van der Waals surface area (Å²) in [5.41, 5.74) is 8.17. The Hall–Kier alpha value is -2.00. The maximum absolute atomic E-state index is 6.17. The summed E-state index contributed by atoms with van der Waals surface area (Å²) in [5, 5.41) is 3.14. The van der Waals surface area contributed by atoms with Crippen molar-refractivity contribution in [3.8, 4) is 11.5 Å². The highest BCUT2D eigenvalue weighted by Crippen LogP contribution is 2.29. The summed E-state index contributed by atoms with van der Waals surface area (Å²) in [6, 6.07) is 16.3. The number of nitrogens with zero attached hydrogens (tertiary/aromatic N) is 2. The third kappa shape index (κ3) is 5.75. The molecule has 1 aliphatic heterocycles. The first-order chi connectivity index (χ1) is 13.2. The number of hydrogen-bond donors (Lipinski definition) is 2. The lowest BCUT2D eigenvalue weighted by Gasteiger charge is -2.26. The molecule has 7 heteroatoms. The molecule has 0 saturated carbocycles. The highest BCUT2D eigenvalue weighted by atomic mass is 127. The lowest BCUT2D eigenvalue weighted by Crippen LogP contribution is -2.30. The van der Waals surface area contributed by atoms with Crippen LogP contribution < -0.4 is 20.5 Å². The van der Waals surface area contributed by atoms with Crippen LogP contribution in [0.25, 0.3) is 0 Å². The maximum atomic E-state index is 6.17. The van der Waals surface area contributed by atoms with Crippen LogP contribution in [-0.2, 0) is 0 Å². The fourth-order valence-electron chi connectivity index (χ4n) is 3.43. The fraction of sp³-hybridized carbons (Fsp3) is 0.381. The van der Waals surface area contributed by atoms with Gasteiger partial charge in [-0.3, -0.25) is 9.89 Å². The Bertz CT molecular complexity index is 764. The van der Waals surface area contributed by atoms with E-state index in [2.05, 4.69) is 39.5 Å². The van der Waals surface area contributed by atoms with E-state index in [0.29, 0.717) is 18.3 Å². The number of hydrogen-bond acceptors (Lipinski definition) is 4. The molecule has 0 spiro atoms. The third-order valence-electron chi connectivity index (χ3n) is 4.87. The van der Waals surface area contributed by atoms with E-state index >= 15 is 0 Å². The lowest BCUT2D eigenvalue weighted by molar-refractivity contribution is 0.252. The molecule has 3 rings (SSSR count). The normalized spacial score (nSPS) is 15.6. The zero-order valence-electron chi connectivity index (χ0n) is 16.4. The van der Waals surface area contributed by atoms with E-state index in [0.717, 1.165) is 24.5 Å². The second-order valence-electron chi connectivity index (χ2n) is 6.59. The van der Waals surface area contributed by atoms with Gasteiger partial charge in [0.2, 0.25) is 0 Å². The van der Waals surface area contributed by atoms with Gasteiger partial charge in [0.15, 0.2) is 5.96 Å². The molecule has 1 aliphatic rings. The van der Waals surface area contributed by atoms with Crippen molar-refractivity contribution >= 4 is 35.6 Å². The lowest BCUT2D eigenvalue weighted by atomic mass is 10.1. The standard InChI is InChI=1S/C21H28N4O2.HI/c1-26-17-10-11-20(27-2)18(14-17)24-21(22)23-15-19(25-12-6-7-13-25)16-8-4-3-5-9-16;/h3-5,8-11,14,19H,6-7,12-13,15H2,1-2H3,(H3,22,23,24);1H. The second kappa shape index (κ2) is 11.1. The molecular weight excluding hydrogens is 467 g/mol. The van der Waals surface area contributed by atoms with Crippen molar-refractivity contribution in [1.82, 2.24) is 4.90 Å². The monoisotopic (exact) mass is 496 g/mol. The average Bonchev–Trinajstić information content (AvgIpc) is 3.23. The Morgan fingerprint density at radius 3 is 2.46 bits per heavy atom. The van der Waals surface area contributed by atoms with Crippen LogP contribution in [0.5, 0.6) is 11.5 Å². The van der Waals surface area contributed by atoms with Gasteiger partial charge in [-0.25, -0.2) is 0 Å². The molecule has 1 heterocycles. The summed E-state index contributed by atoms with van der Waals surface area (Å²) in [5.74, 6) is 1.78. The van der Waals surface area contributed by atoms with Crippen LogP contribution in [0.3, 0.4) is 0 Å². The molecule has 2 aromatic carbocycles. The molecule has 1 fully saturated rings. The van der Waals surface area contributed by atoms with Gasteiger partial charge in [-0.15, -0.1) is 24.0 Å². The minimum Gasteiger partial charge on any atom is -0.497 e. The van der Waals surface area contributed by atoms with Gasteiger partial charge in [-0.2, -0.15) is 0 Å². The summed E-state index contributed by atoms with van der Waals surface area (Å²) < 4.78 is 10.7. The Kier molecular flexibility index (Phi) is 8.85. The third-order valence-corrected chi connectivity index (χ3v) is 4.87. The van der Waals surface area contributed by atoms with E-state index < -0.39 is 0 Å². The Morgan fingerprint density at radius 2 is 1.82 bits per heavy atom. The number of ether oxygens (including phenoxy) is 2. The van der Waals surface area contributed by atoms with Crippen LogP contribution in [0, 0.1) is 0 Å². The number of anilines is 1. The smallest absolute Gasteiger partial charge is 0.193 e. The van der Waals surface area contributed by atoms with Crippen molar-refractivity contribution in [1.29, 1.82) is 0 Å². The van der Waals surface area contributed by atoms with Gasteiger partial charge in [0.1, 0.15) is 11.5 Å². The molecule has 0 aromatic heterocycles. The van der Waals surface area contributed by atoms with E-state index in [1.165, 1.54) is 18.4 Å². The molecule has 1 unspecified atom stereocenters. The number of nitrogens with one attached hydrogen (secondary N) is 1. The van der Waals surface area contributed by atoms with Gasteiger partial charge in [-0.05, 0) is 43.6 Å². The molecule has 2 aromatic rings. The van der Waals surface area contributed by atoms with E-state index in [9.17, 15) is 0 Å². The highest BCUT2D eigenvalue weighted by molar-refractivity contribution is 14.0. The molecular formula is C21H29IN4O2. The number of benzene rings is 2. The molecule has 3 N–H and O–H groups in total. The SMILES string of the molecule is COc1ccc(OC)c(NC(N)=NCC(c2ccccc2)N2CCCC2)c1.I. The van der Waals surface area contributed by atoms with Crippen LogP contribution >= 0.6 is 24.0 Å². The Morgan fingerprint density at radius 1 is 1.11 bits per heavy atom.